The van der Waals surface area contributed by atoms with Gasteiger partial charge in [0.1, 0.15) is 11.7 Å². The van der Waals surface area contributed by atoms with Crippen LogP contribution in [0.4, 0.5) is 10.5 Å². The molecule has 156 valence electrons. The highest BCUT2D eigenvalue weighted by Crippen LogP contribution is 2.50. The Morgan fingerprint density at radius 1 is 1.07 bits per heavy atom. The Kier molecular flexibility index (Phi) is 6.00. The molecule has 0 spiro atoms. The molecule has 3 atom stereocenters. The van der Waals surface area contributed by atoms with Crippen molar-refractivity contribution in [3.63, 3.8) is 0 Å². The minimum Gasteiger partial charge on any atom is -0.443 e. The lowest BCUT2D eigenvalue weighted by Gasteiger charge is -2.30. The molecular formula is C21H31NO6. The molecule has 1 aromatic rings. The lowest BCUT2D eigenvalue weighted by atomic mass is 9.97. The van der Waals surface area contributed by atoms with Gasteiger partial charge in [-0.15, -0.1) is 0 Å². The molecule has 7 nitrogen and oxygen atoms in total. The quantitative estimate of drug-likeness (QED) is 0.710. The molecule has 0 aromatic heterocycles. The number of carbonyl (C=O) groups excluding carboxylic acids is 1. The molecule has 0 saturated carbocycles. The third-order valence-electron chi connectivity index (χ3n) is 5.39. The topological polar surface area (TPSA) is 66.5 Å². The number of rotatable bonds is 5. The monoisotopic (exact) mass is 393 g/mol. The number of benzene rings is 1. The zero-order valence-corrected chi connectivity index (χ0v) is 17.8. The van der Waals surface area contributed by atoms with E-state index in [2.05, 4.69) is 6.07 Å². The number of anilines is 1. The van der Waals surface area contributed by atoms with Gasteiger partial charge in [0.25, 0.3) is 0 Å². The van der Waals surface area contributed by atoms with Gasteiger partial charge in [0.15, 0.2) is 12.5 Å². The smallest absolute Gasteiger partial charge is 0.417 e. The van der Waals surface area contributed by atoms with Crippen LogP contribution >= 0.6 is 0 Å². The molecule has 28 heavy (non-hydrogen) atoms. The predicted octanol–water partition coefficient (Wildman–Crippen LogP) is 3.75. The van der Waals surface area contributed by atoms with Crippen molar-refractivity contribution in [3.8, 4) is 0 Å². The van der Waals surface area contributed by atoms with Gasteiger partial charge in [-0.25, -0.2) is 9.69 Å². The maximum atomic E-state index is 13.1. The van der Waals surface area contributed by atoms with Gasteiger partial charge in [0.2, 0.25) is 0 Å². The van der Waals surface area contributed by atoms with Gasteiger partial charge < -0.3 is 23.7 Å². The summed E-state index contributed by atoms with van der Waals surface area (Å²) >= 11 is 0. The van der Waals surface area contributed by atoms with Crippen LogP contribution in [0.1, 0.15) is 55.9 Å². The van der Waals surface area contributed by atoms with E-state index in [4.69, 9.17) is 23.7 Å². The van der Waals surface area contributed by atoms with Crippen LogP contribution in [0.2, 0.25) is 0 Å². The van der Waals surface area contributed by atoms with Crippen molar-refractivity contribution in [2.24, 2.45) is 0 Å². The molecule has 1 aliphatic carbocycles. The minimum atomic E-state index is -0.613. The normalized spacial score (nSPS) is 23.9. The second-order valence-corrected chi connectivity index (χ2v) is 8.19. The summed E-state index contributed by atoms with van der Waals surface area (Å²) in [5.74, 6) is 0.110. The lowest BCUT2D eigenvalue weighted by molar-refractivity contribution is -0.117. The molecule has 1 heterocycles. The highest BCUT2D eigenvalue weighted by atomic mass is 16.7. The molecule has 1 unspecified atom stereocenters. The van der Waals surface area contributed by atoms with Crippen LogP contribution in [0.25, 0.3) is 0 Å². The van der Waals surface area contributed by atoms with Crippen LogP contribution in [0.3, 0.4) is 0 Å². The number of nitrogens with zero attached hydrogens (tertiary/aromatic N) is 1. The van der Waals surface area contributed by atoms with Gasteiger partial charge in [-0.2, -0.15) is 0 Å². The van der Waals surface area contributed by atoms with E-state index in [1.54, 1.807) is 33.3 Å². The van der Waals surface area contributed by atoms with Crippen molar-refractivity contribution in [2.45, 2.75) is 63.8 Å². The Morgan fingerprint density at radius 3 is 2.25 bits per heavy atom. The molecule has 1 aliphatic heterocycles. The highest BCUT2D eigenvalue weighted by Gasteiger charge is 2.47. The van der Waals surface area contributed by atoms with E-state index in [-0.39, 0.29) is 18.3 Å². The van der Waals surface area contributed by atoms with E-state index in [9.17, 15) is 4.79 Å². The zero-order valence-electron chi connectivity index (χ0n) is 17.8. The van der Waals surface area contributed by atoms with E-state index in [0.29, 0.717) is 0 Å². The average Bonchev–Trinajstić information content (AvgIpc) is 3.19. The predicted molar refractivity (Wildman–Crippen MR) is 105 cm³/mol. The van der Waals surface area contributed by atoms with E-state index in [1.165, 1.54) is 0 Å². The second-order valence-electron chi connectivity index (χ2n) is 8.19. The van der Waals surface area contributed by atoms with Gasteiger partial charge in [-0.3, -0.25) is 0 Å². The van der Waals surface area contributed by atoms with Crippen LogP contribution in [0, 0.1) is 0 Å². The summed E-state index contributed by atoms with van der Waals surface area (Å²) in [5.41, 5.74) is 3.39. The fourth-order valence-corrected chi connectivity index (χ4v) is 4.35. The van der Waals surface area contributed by atoms with Gasteiger partial charge in [-0.05, 0) is 44.7 Å². The van der Waals surface area contributed by atoms with Crippen LogP contribution in [-0.2, 0) is 30.1 Å². The van der Waals surface area contributed by atoms with Crippen molar-refractivity contribution in [3.05, 3.63) is 28.8 Å². The molecule has 1 amide bonds. The number of carbonyl (C=O) groups is 1. The number of hydrogen-bond acceptors (Lipinski definition) is 6. The van der Waals surface area contributed by atoms with Crippen molar-refractivity contribution in [2.75, 3.05) is 33.3 Å². The Bertz CT molecular complexity index is 724. The summed E-state index contributed by atoms with van der Waals surface area (Å²) < 4.78 is 28.1. The van der Waals surface area contributed by atoms with Crippen LogP contribution in [0.15, 0.2) is 12.1 Å². The Morgan fingerprint density at radius 2 is 1.71 bits per heavy atom. The number of ether oxygens (including phenoxy) is 5. The third kappa shape index (κ3) is 3.52. The molecule has 3 rings (SSSR count). The Balaban J connectivity index is 2.09. The molecule has 0 N–H and O–H groups in total. The first-order valence-corrected chi connectivity index (χ1v) is 9.56. The molecule has 2 aliphatic rings. The summed E-state index contributed by atoms with van der Waals surface area (Å²) in [5, 5.41) is 0. The Labute approximate surface area is 166 Å². The maximum absolute atomic E-state index is 13.1. The van der Waals surface area contributed by atoms with E-state index < -0.39 is 17.9 Å². The van der Waals surface area contributed by atoms with Gasteiger partial charge in [0.05, 0.1) is 5.69 Å². The molecule has 0 radical (unpaired) electrons. The maximum Gasteiger partial charge on any atom is 0.417 e. The summed E-state index contributed by atoms with van der Waals surface area (Å²) in [6, 6.07) is 4.10. The summed E-state index contributed by atoms with van der Waals surface area (Å²) in [6.07, 6.45) is -0.0218. The van der Waals surface area contributed by atoms with Gasteiger partial charge in [0, 0.05) is 39.9 Å². The first-order chi connectivity index (χ1) is 13.3. The number of hydrogen-bond donors (Lipinski definition) is 0. The molecule has 0 bridgehead atoms. The average molecular weight is 393 g/mol. The lowest BCUT2D eigenvalue weighted by Crippen LogP contribution is -2.44. The van der Waals surface area contributed by atoms with Crippen LogP contribution < -0.4 is 4.90 Å². The third-order valence-corrected chi connectivity index (χ3v) is 5.39. The van der Waals surface area contributed by atoms with Crippen molar-refractivity contribution in [1.82, 2.24) is 0 Å². The van der Waals surface area contributed by atoms with E-state index in [1.807, 2.05) is 26.8 Å². The van der Waals surface area contributed by atoms with E-state index in [0.717, 1.165) is 35.2 Å². The van der Waals surface area contributed by atoms with Gasteiger partial charge in [-0.1, -0.05) is 12.1 Å². The van der Waals surface area contributed by atoms with Crippen LogP contribution in [-0.4, -0.2) is 52.7 Å². The summed E-state index contributed by atoms with van der Waals surface area (Å²) in [7, 11) is 6.50. The Hall–Kier alpha value is -1.67. The standard InChI is InChI=1S/C21H31NO6/c1-21(2,3)28-20(23)22-16-13-9-10-14(19(26-6)27-7)12(13)8-11-15(16)17(24-4)18(22)25-5/h8,11,14,17-19H,9-10H2,1-7H3/t14?,17-,18+/m1/s1. The minimum absolute atomic E-state index is 0.110. The van der Waals surface area contributed by atoms with Crippen molar-refractivity contribution in [1.29, 1.82) is 0 Å². The molecule has 0 fully saturated rings. The number of fused-ring (bicyclic) bond motifs is 3. The number of methoxy groups -OCH3 is 4. The number of amides is 1. The largest absolute Gasteiger partial charge is 0.443 e. The SMILES string of the molecule is COC(OC)C1CCc2c1ccc1c2N(C(=O)OC(C)(C)C)[C@@H](OC)[C@@H]1OC. The summed E-state index contributed by atoms with van der Waals surface area (Å²) in [4.78, 5) is 14.7. The van der Waals surface area contributed by atoms with Crippen LogP contribution in [0.5, 0.6) is 0 Å². The van der Waals surface area contributed by atoms with Gasteiger partial charge >= 0.3 is 6.09 Å². The first kappa shape index (κ1) is 21.0. The van der Waals surface area contributed by atoms with Crippen molar-refractivity contribution >= 4 is 11.8 Å². The fraction of sp³-hybridized carbons (Fsp3) is 0.667. The second kappa shape index (κ2) is 7.99. The fourth-order valence-electron chi connectivity index (χ4n) is 4.35. The molecule has 1 aromatic carbocycles. The first-order valence-electron chi connectivity index (χ1n) is 9.56. The highest BCUT2D eigenvalue weighted by molar-refractivity contribution is 5.93. The molecule has 7 heteroatoms. The zero-order chi connectivity index (χ0) is 20.6. The van der Waals surface area contributed by atoms with Crippen molar-refractivity contribution < 1.29 is 28.5 Å². The van der Waals surface area contributed by atoms with E-state index >= 15 is 0 Å². The summed E-state index contributed by atoms with van der Waals surface area (Å²) in [6.45, 7) is 5.56. The molecule has 0 saturated heterocycles. The molecular weight excluding hydrogens is 362 g/mol.